The molecule has 1 unspecified atom stereocenters. The van der Waals surface area contributed by atoms with Gasteiger partial charge in [-0.2, -0.15) is 5.26 Å². The summed E-state index contributed by atoms with van der Waals surface area (Å²) < 4.78 is 0. The molecule has 176 valence electrons. The minimum Gasteiger partial charge on any atom is -0.321 e. The van der Waals surface area contributed by atoms with E-state index in [4.69, 9.17) is 23.2 Å². The van der Waals surface area contributed by atoms with Crippen molar-refractivity contribution >= 4 is 58.2 Å². The average molecular weight is 522 g/mol. The van der Waals surface area contributed by atoms with Crippen molar-refractivity contribution in [2.45, 2.75) is 25.5 Å². The minimum atomic E-state index is -0.585. The molecule has 1 N–H and O–H groups in total. The van der Waals surface area contributed by atoms with Gasteiger partial charge in [-0.05, 0) is 61.2 Å². The smallest absolute Gasteiger partial charge is 0.269 e. The van der Waals surface area contributed by atoms with Crippen LogP contribution in [0.4, 0.5) is 11.4 Å². The molecule has 8 heteroatoms. The maximum absolute atomic E-state index is 13.6. The zero-order valence-electron chi connectivity index (χ0n) is 19.0. The molecule has 3 aromatic carbocycles. The molecule has 2 amide bonds. The molecule has 1 aliphatic heterocycles. The molecule has 4 rings (SSSR count). The Morgan fingerprint density at radius 1 is 1.06 bits per heavy atom. The van der Waals surface area contributed by atoms with Crippen molar-refractivity contribution in [3.8, 4) is 6.07 Å². The van der Waals surface area contributed by atoms with Crippen LogP contribution in [-0.2, 0) is 16.0 Å². The quantitative estimate of drug-likeness (QED) is 0.300. The van der Waals surface area contributed by atoms with Crippen molar-refractivity contribution in [1.82, 2.24) is 0 Å². The van der Waals surface area contributed by atoms with Crippen LogP contribution in [0.25, 0.3) is 0 Å². The van der Waals surface area contributed by atoms with Crippen molar-refractivity contribution in [1.29, 1.82) is 5.26 Å². The Morgan fingerprint density at radius 2 is 1.77 bits per heavy atom. The summed E-state index contributed by atoms with van der Waals surface area (Å²) in [7, 11) is 0. The molecule has 1 atom stereocenters. The first-order chi connectivity index (χ1) is 16.8. The fourth-order valence-electron chi connectivity index (χ4n) is 3.78. The average Bonchev–Trinajstić information content (AvgIpc) is 3.16. The normalized spacial score (nSPS) is 16.7. The summed E-state index contributed by atoms with van der Waals surface area (Å²) in [6, 6.07) is 21.8. The number of hydrogen-bond acceptors (Lipinski definition) is 4. The Balaban J connectivity index is 1.74. The van der Waals surface area contributed by atoms with Gasteiger partial charge in [0, 0.05) is 11.4 Å². The Hall–Kier alpha value is -3.24. The molecule has 5 nitrogen and oxygen atoms in total. The molecule has 1 heterocycles. The van der Waals surface area contributed by atoms with Gasteiger partial charge in [0.1, 0.15) is 16.7 Å². The number of anilines is 2. The SMILES string of the molecule is Cc1cccc(NC(=O)C(C#N)=C2SC(Cc3cccc(Cl)c3Cl)C(=O)N2c2ccccc2)c1C. The molecule has 0 saturated carbocycles. The van der Waals surface area contributed by atoms with Crippen molar-refractivity contribution in [3.63, 3.8) is 0 Å². The van der Waals surface area contributed by atoms with E-state index in [1.807, 2.05) is 44.2 Å². The van der Waals surface area contributed by atoms with E-state index in [-0.39, 0.29) is 16.5 Å². The Labute approximate surface area is 218 Å². The van der Waals surface area contributed by atoms with Crippen LogP contribution in [0.5, 0.6) is 0 Å². The lowest BCUT2D eigenvalue weighted by Crippen LogP contribution is -2.31. The van der Waals surface area contributed by atoms with Gasteiger partial charge in [0.15, 0.2) is 0 Å². The van der Waals surface area contributed by atoms with Crippen molar-refractivity contribution in [3.05, 3.63) is 104 Å². The van der Waals surface area contributed by atoms with Crippen LogP contribution >= 0.6 is 35.0 Å². The lowest BCUT2D eigenvalue weighted by atomic mass is 10.1. The molecule has 0 aliphatic carbocycles. The number of para-hydroxylation sites is 1. The third kappa shape index (κ3) is 5.08. The van der Waals surface area contributed by atoms with Crippen LogP contribution in [0.15, 0.2) is 77.3 Å². The maximum atomic E-state index is 13.6. The summed E-state index contributed by atoms with van der Waals surface area (Å²) >= 11 is 13.7. The van der Waals surface area contributed by atoms with Gasteiger partial charge < -0.3 is 5.32 Å². The van der Waals surface area contributed by atoms with E-state index < -0.39 is 11.2 Å². The molecule has 1 aliphatic rings. The van der Waals surface area contributed by atoms with Gasteiger partial charge in [-0.15, -0.1) is 0 Å². The third-order valence-electron chi connectivity index (χ3n) is 5.81. The van der Waals surface area contributed by atoms with Gasteiger partial charge in [-0.25, -0.2) is 0 Å². The highest BCUT2D eigenvalue weighted by Gasteiger charge is 2.41. The molecule has 0 bridgehead atoms. The van der Waals surface area contributed by atoms with Crippen molar-refractivity contribution in [2.75, 3.05) is 10.2 Å². The van der Waals surface area contributed by atoms with Crippen LogP contribution in [-0.4, -0.2) is 17.1 Å². The predicted octanol–water partition coefficient (Wildman–Crippen LogP) is 6.68. The minimum absolute atomic E-state index is 0.132. The second-order valence-corrected chi connectivity index (χ2v) is 10.0. The number of nitriles is 1. The topological polar surface area (TPSA) is 73.2 Å². The van der Waals surface area contributed by atoms with Crippen LogP contribution in [0.3, 0.4) is 0 Å². The van der Waals surface area contributed by atoms with Gasteiger partial charge in [0.25, 0.3) is 5.91 Å². The van der Waals surface area contributed by atoms with Gasteiger partial charge in [-0.1, -0.05) is 77.4 Å². The van der Waals surface area contributed by atoms with E-state index in [0.29, 0.717) is 27.8 Å². The molecular formula is C27H21Cl2N3O2S. The number of thioether (sulfide) groups is 1. The summed E-state index contributed by atoms with van der Waals surface area (Å²) in [6.07, 6.45) is 0.299. The second-order valence-electron chi connectivity index (χ2n) is 8.03. The lowest BCUT2D eigenvalue weighted by molar-refractivity contribution is -0.117. The van der Waals surface area contributed by atoms with Gasteiger partial charge in [0.05, 0.1) is 15.3 Å². The first kappa shape index (κ1) is 24.9. The number of nitrogens with one attached hydrogen (secondary N) is 1. The van der Waals surface area contributed by atoms with Gasteiger partial charge in [-0.3, -0.25) is 14.5 Å². The highest BCUT2D eigenvalue weighted by Crippen LogP contribution is 2.43. The summed E-state index contributed by atoms with van der Waals surface area (Å²) in [5.74, 6) is -0.807. The first-order valence-corrected chi connectivity index (χ1v) is 12.5. The predicted molar refractivity (Wildman–Crippen MR) is 143 cm³/mol. The largest absolute Gasteiger partial charge is 0.321 e. The fraction of sp³-hybridized carbons (Fsp3) is 0.148. The number of benzene rings is 3. The van der Waals surface area contributed by atoms with E-state index in [9.17, 15) is 14.9 Å². The molecule has 1 fully saturated rings. The highest BCUT2D eigenvalue weighted by atomic mass is 35.5. The first-order valence-electron chi connectivity index (χ1n) is 10.8. The molecule has 0 spiro atoms. The van der Waals surface area contributed by atoms with Crippen LogP contribution in [0, 0.1) is 25.2 Å². The molecule has 3 aromatic rings. The molecule has 0 radical (unpaired) electrons. The fourth-order valence-corrected chi connectivity index (χ4v) is 5.47. The zero-order chi connectivity index (χ0) is 25.1. The van der Waals surface area contributed by atoms with E-state index in [1.54, 1.807) is 42.5 Å². The standard InChI is InChI=1S/C27H21Cl2N3O2S/c1-16-8-6-13-22(17(16)2)31-25(33)20(15-30)27-32(19-10-4-3-5-11-19)26(34)23(35-27)14-18-9-7-12-21(28)24(18)29/h3-13,23H,14H2,1-2H3,(H,31,33). The monoisotopic (exact) mass is 521 g/mol. The molecule has 0 aromatic heterocycles. The zero-order valence-corrected chi connectivity index (χ0v) is 21.3. The molecule has 1 saturated heterocycles. The van der Waals surface area contributed by atoms with E-state index in [1.165, 1.54) is 16.7 Å². The highest BCUT2D eigenvalue weighted by molar-refractivity contribution is 8.05. The van der Waals surface area contributed by atoms with Crippen LogP contribution < -0.4 is 10.2 Å². The number of amides is 2. The van der Waals surface area contributed by atoms with Crippen LogP contribution in [0.2, 0.25) is 10.0 Å². The number of carbonyl (C=O) groups excluding carboxylic acids is 2. The number of carbonyl (C=O) groups is 2. The molecular weight excluding hydrogens is 501 g/mol. The van der Waals surface area contributed by atoms with Crippen molar-refractivity contribution < 1.29 is 9.59 Å². The third-order valence-corrected chi connectivity index (χ3v) is 7.93. The number of aryl methyl sites for hydroxylation is 1. The number of nitrogens with zero attached hydrogens (tertiary/aromatic N) is 2. The number of rotatable bonds is 5. The Bertz CT molecular complexity index is 1380. The summed E-state index contributed by atoms with van der Waals surface area (Å²) in [5.41, 5.74) is 3.71. The maximum Gasteiger partial charge on any atom is 0.269 e. The Kier molecular flexibility index (Phi) is 7.51. The van der Waals surface area contributed by atoms with Gasteiger partial charge in [0.2, 0.25) is 5.91 Å². The van der Waals surface area contributed by atoms with E-state index in [2.05, 4.69) is 5.32 Å². The molecule has 35 heavy (non-hydrogen) atoms. The second kappa shape index (κ2) is 10.6. The van der Waals surface area contributed by atoms with Gasteiger partial charge >= 0.3 is 0 Å². The Morgan fingerprint density at radius 3 is 2.49 bits per heavy atom. The summed E-state index contributed by atoms with van der Waals surface area (Å²) in [6.45, 7) is 3.85. The van der Waals surface area contributed by atoms with Crippen LogP contribution in [0.1, 0.15) is 16.7 Å². The van der Waals surface area contributed by atoms with E-state index >= 15 is 0 Å². The van der Waals surface area contributed by atoms with Crippen molar-refractivity contribution in [2.24, 2.45) is 0 Å². The summed E-state index contributed by atoms with van der Waals surface area (Å²) in [5, 5.41) is 13.3. The number of hydrogen-bond donors (Lipinski definition) is 1. The van der Waals surface area contributed by atoms with E-state index in [0.717, 1.165) is 16.7 Å². The lowest BCUT2D eigenvalue weighted by Gasteiger charge is -2.19. The number of halogens is 2. The summed E-state index contributed by atoms with van der Waals surface area (Å²) in [4.78, 5) is 28.3.